The lowest BCUT2D eigenvalue weighted by Crippen LogP contribution is -2.18. The van der Waals surface area contributed by atoms with Crippen LogP contribution in [0.4, 0.5) is 10.1 Å². The Kier molecular flexibility index (Phi) is 3.48. The predicted molar refractivity (Wildman–Crippen MR) is 80.9 cm³/mol. The van der Waals surface area contributed by atoms with Gasteiger partial charge in [0.1, 0.15) is 17.4 Å². The van der Waals surface area contributed by atoms with E-state index in [1.54, 1.807) is 19.2 Å². The molecule has 2 aromatic carbocycles. The fourth-order valence-corrected chi connectivity index (χ4v) is 2.45. The van der Waals surface area contributed by atoms with Gasteiger partial charge in [-0.1, -0.05) is 12.1 Å². The van der Waals surface area contributed by atoms with Gasteiger partial charge in [-0.25, -0.2) is 4.39 Å². The fraction of sp³-hybridized carbons (Fsp3) is 0.188. The second-order valence-corrected chi connectivity index (χ2v) is 4.91. The number of nitrogens with two attached hydrogens (primary N) is 1. The number of anilines is 1. The van der Waals surface area contributed by atoms with Gasteiger partial charge in [-0.15, -0.1) is 0 Å². The summed E-state index contributed by atoms with van der Waals surface area (Å²) in [5.41, 5.74) is 7.79. The highest BCUT2D eigenvalue weighted by Gasteiger charge is 2.27. The van der Waals surface area contributed by atoms with Crippen molar-refractivity contribution in [3.63, 3.8) is 0 Å². The van der Waals surface area contributed by atoms with Crippen LogP contribution in [-0.4, -0.2) is 12.9 Å². The van der Waals surface area contributed by atoms with Gasteiger partial charge in [-0.3, -0.25) is 5.01 Å². The van der Waals surface area contributed by atoms with E-state index in [2.05, 4.69) is 5.10 Å². The molecule has 1 heterocycles. The summed E-state index contributed by atoms with van der Waals surface area (Å²) < 4.78 is 18.2. The van der Waals surface area contributed by atoms with Crippen molar-refractivity contribution in [1.82, 2.24) is 0 Å². The lowest BCUT2D eigenvalue weighted by Gasteiger charge is -2.24. The number of methoxy groups -OCH3 is 1. The minimum atomic E-state index is -0.248. The molecule has 2 N–H and O–H groups in total. The molecule has 1 aliphatic rings. The minimum absolute atomic E-state index is 0.0148. The number of hydrogen-bond acceptors (Lipinski definition) is 4. The van der Waals surface area contributed by atoms with Crippen molar-refractivity contribution in [3.05, 3.63) is 59.9 Å². The number of hydrogen-bond donors (Lipinski definition) is 1. The Morgan fingerprint density at radius 2 is 1.81 bits per heavy atom. The quantitative estimate of drug-likeness (QED) is 0.943. The van der Waals surface area contributed by atoms with Gasteiger partial charge in [0.2, 0.25) is 0 Å². The second kappa shape index (κ2) is 5.44. The van der Waals surface area contributed by atoms with E-state index >= 15 is 0 Å². The van der Waals surface area contributed by atoms with E-state index < -0.39 is 0 Å². The van der Waals surface area contributed by atoms with Gasteiger partial charge in [-0.05, 0) is 42.0 Å². The number of rotatable bonds is 3. The zero-order valence-electron chi connectivity index (χ0n) is 11.7. The van der Waals surface area contributed by atoms with E-state index in [9.17, 15) is 4.39 Å². The number of ether oxygens (including phenoxy) is 1. The Balaban J connectivity index is 1.92. The van der Waals surface area contributed by atoms with Crippen LogP contribution in [0.1, 0.15) is 18.0 Å². The summed E-state index contributed by atoms with van der Waals surface area (Å²) >= 11 is 0. The van der Waals surface area contributed by atoms with E-state index in [4.69, 9.17) is 10.5 Å². The van der Waals surface area contributed by atoms with Crippen LogP contribution in [0.25, 0.3) is 0 Å². The Bertz CT molecular complexity index is 652. The average Bonchev–Trinajstić information content (AvgIpc) is 2.90. The first-order valence-corrected chi connectivity index (χ1v) is 6.69. The summed E-state index contributed by atoms with van der Waals surface area (Å²) in [6, 6.07) is 14.0. The Hall–Kier alpha value is -2.56. The van der Waals surface area contributed by atoms with Crippen LogP contribution in [0.2, 0.25) is 0 Å². The first-order chi connectivity index (χ1) is 10.2. The molecule has 0 saturated carbocycles. The molecule has 2 aromatic rings. The van der Waals surface area contributed by atoms with Crippen molar-refractivity contribution in [2.45, 2.75) is 12.5 Å². The summed E-state index contributed by atoms with van der Waals surface area (Å²) in [4.78, 5) is 0. The molecule has 0 amide bonds. The molecule has 3 rings (SSSR count). The average molecular weight is 285 g/mol. The summed E-state index contributed by atoms with van der Waals surface area (Å²) in [5.74, 6) is 1.11. The van der Waals surface area contributed by atoms with Crippen LogP contribution in [0.5, 0.6) is 5.75 Å². The molecule has 0 unspecified atom stereocenters. The number of amidine groups is 1. The van der Waals surface area contributed by atoms with Gasteiger partial charge >= 0.3 is 0 Å². The standard InChI is InChI=1S/C16H16FN3O/c1-21-14-8-6-13(7-9-14)20-15(10-16(18)19-20)11-2-4-12(17)5-3-11/h2-9,15H,10H2,1H3,(H2,18,19)/t15-/m1/s1. The van der Waals surface area contributed by atoms with Gasteiger partial charge in [0.15, 0.2) is 0 Å². The maximum atomic E-state index is 13.1. The monoisotopic (exact) mass is 285 g/mol. The number of hydrazone groups is 1. The molecule has 0 bridgehead atoms. The van der Waals surface area contributed by atoms with E-state index in [0.717, 1.165) is 17.0 Å². The molecule has 0 aliphatic carbocycles. The maximum absolute atomic E-state index is 13.1. The predicted octanol–water partition coefficient (Wildman–Crippen LogP) is 3.06. The Morgan fingerprint density at radius 1 is 1.14 bits per heavy atom. The molecule has 1 aliphatic heterocycles. The number of halogens is 1. The van der Waals surface area contributed by atoms with Crippen LogP contribution in [-0.2, 0) is 0 Å². The van der Waals surface area contributed by atoms with Gasteiger partial charge in [0.25, 0.3) is 0 Å². The van der Waals surface area contributed by atoms with Gasteiger partial charge < -0.3 is 10.5 Å². The molecule has 108 valence electrons. The van der Waals surface area contributed by atoms with E-state index in [1.165, 1.54) is 12.1 Å². The fourth-order valence-electron chi connectivity index (χ4n) is 2.45. The summed E-state index contributed by atoms with van der Waals surface area (Å²) in [6.07, 6.45) is 0.623. The summed E-state index contributed by atoms with van der Waals surface area (Å²) in [5, 5.41) is 6.25. The topological polar surface area (TPSA) is 50.8 Å². The molecule has 0 radical (unpaired) electrons. The van der Waals surface area contributed by atoms with Crippen LogP contribution >= 0.6 is 0 Å². The third-order valence-corrected chi connectivity index (χ3v) is 3.53. The SMILES string of the molecule is COc1ccc(N2N=C(N)C[C@@H]2c2ccc(F)cc2)cc1. The van der Waals surface area contributed by atoms with E-state index in [-0.39, 0.29) is 11.9 Å². The lowest BCUT2D eigenvalue weighted by atomic mass is 10.0. The second-order valence-electron chi connectivity index (χ2n) is 4.91. The highest BCUT2D eigenvalue weighted by Crippen LogP contribution is 2.34. The first-order valence-electron chi connectivity index (χ1n) is 6.69. The minimum Gasteiger partial charge on any atom is -0.497 e. The van der Waals surface area contributed by atoms with E-state index in [1.807, 2.05) is 29.3 Å². The van der Waals surface area contributed by atoms with Crippen LogP contribution < -0.4 is 15.5 Å². The molecule has 0 spiro atoms. The summed E-state index contributed by atoms with van der Waals surface area (Å²) in [6.45, 7) is 0. The zero-order chi connectivity index (χ0) is 14.8. The lowest BCUT2D eigenvalue weighted by molar-refractivity contribution is 0.415. The first kappa shape index (κ1) is 13.4. The van der Waals surface area contributed by atoms with Crippen molar-refractivity contribution in [1.29, 1.82) is 0 Å². The molecule has 21 heavy (non-hydrogen) atoms. The van der Waals surface area contributed by atoms with Gasteiger partial charge in [0.05, 0.1) is 18.8 Å². The smallest absolute Gasteiger partial charge is 0.123 e. The van der Waals surface area contributed by atoms with Crippen LogP contribution in [0.15, 0.2) is 53.6 Å². The highest BCUT2D eigenvalue weighted by atomic mass is 19.1. The number of benzene rings is 2. The van der Waals surface area contributed by atoms with Crippen molar-refractivity contribution in [3.8, 4) is 5.75 Å². The summed E-state index contributed by atoms with van der Waals surface area (Å²) in [7, 11) is 1.63. The largest absolute Gasteiger partial charge is 0.497 e. The highest BCUT2D eigenvalue weighted by molar-refractivity contribution is 5.85. The van der Waals surface area contributed by atoms with Crippen molar-refractivity contribution in [2.75, 3.05) is 12.1 Å². The zero-order valence-corrected chi connectivity index (χ0v) is 11.7. The molecular formula is C16H16FN3O. The van der Waals surface area contributed by atoms with Crippen LogP contribution in [0.3, 0.4) is 0 Å². The van der Waals surface area contributed by atoms with Crippen molar-refractivity contribution >= 4 is 11.5 Å². The molecule has 5 heteroatoms. The molecular weight excluding hydrogens is 269 g/mol. The molecule has 0 fully saturated rings. The van der Waals surface area contributed by atoms with Gasteiger partial charge in [-0.2, -0.15) is 5.10 Å². The Labute approximate surface area is 122 Å². The molecule has 1 atom stereocenters. The van der Waals surface area contributed by atoms with E-state index in [0.29, 0.717) is 12.3 Å². The maximum Gasteiger partial charge on any atom is 0.123 e. The number of nitrogens with zero attached hydrogens (tertiary/aromatic N) is 2. The molecule has 0 aromatic heterocycles. The van der Waals surface area contributed by atoms with Crippen molar-refractivity contribution < 1.29 is 9.13 Å². The van der Waals surface area contributed by atoms with Crippen LogP contribution in [0, 0.1) is 5.82 Å². The normalized spacial score (nSPS) is 17.7. The Morgan fingerprint density at radius 3 is 2.43 bits per heavy atom. The third kappa shape index (κ3) is 2.67. The molecule has 0 saturated heterocycles. The van der Waals surface area contributed by atoms with Gasteiger partial charge in [0, 0.05) is 6.42 Å². The molecule has 4 nitrogen and oxygen atoms in total. The van der Waals surface area contributed by atoms with Crippen molar-refractivity contribution in [2.24, 2.45) is 10.8 Å². The third-order valence-electron chi connectivity index (χ3n) is 3.53.